The van der Waals surface area contributed by atoms with Crippen molar-refractivity contribution in [3.8, 4) is 0 Å². The Morgan fingerprint density at radius 1 is 1.50 bits per heavy atom. The molecule has 1 N–H and O–H groups in total. The molecule has 0 aliphatic heterocycles. The standard InChI is InChI=1S/C10H8N2O2/c1-7(13)9(11-2)10(14)8-3-5-12-6-4-8/h3-6,14H,1H3. The fourth-order valence-corrected chi connectivity index (χ4v) is 0.945. The Morgan fingerprint density at radius 2 is 2.07 bits per heavy atom. The van der Waals surface area contributed by atoms with Crippen LogP contribution >= 0.6 is 0 Å². The van der Waals surface area contributed by atoms with Gasteiger partial charge in [0.25, 0.3) is 5.70 Å². The quantitative estimate of drug-likeness (QED) is 0.437. The highest BCUT2D eigenvalue weighted by Gasteiger charge is 2.12. The molecule has 14 heavy (non-hydrogen) atoms. The number of carbonyl (C=O) groups excluding carboxylic acids is 1. The molecule has 4 nitrogen and oxygen atoms in total. The number of ketones is 1. The Balaban J connectivity index is 3.23. The van der Waals surface area contributed by atoms with Crippen LogP contribution < -0.4 is 0 Å². The van der Waals surface area contributed by atoms with Gasteiger partial charge in [-0.05, 0) is 19.1 Å². The van der Waals surface area contributed by atoms with E-state index in [1.165, 1.54) is 31.5 Å². The largest absolute Gasteiger partial charge is 0.518 e. The summed E-state index contributed by atoms with van der Waals surface area (Å²) in [5, 5.41) is 9.57. The van der Waals surface area contributed by atoms with E-state index in [1.54, 1.807) is 0 Å². The monoisotopic (exact) mass is 188 g/mol. The molecular weight excluding hydrogens is 180 g/mol. The summed E-state index contributed by atoms with van der Waals surface area (Å²) < 4.78 is 0. The Hall–Kier alpha value is -2.15. The molecule has 0 unspecified atom stereocenters. The van der Waals surface area contributed by atoms with Gasteiger partial charge in [-0.15, -0.1) is 0 Å². The number of rotatable bonds is 2. The highest BCUT2D eigenvalue weighted by molar-refractivity contribution is 6.01. The first-order chi connectivity index (χ1) is 6.66. The van der Waals surface area contributed by atoms with Gasteiger partial charge in [-0.2, -0.15) is 0 Å². The van der Waals surface area contributed by atoms with Crippen molar-refractivity contribution in [2.75, 3.05) is 0 Å². The molecule has 0 atom stereocenters. The van der Waals surface area contributed by atoms with E-state index < -0.39 is 5.78 Å². The second kappa shape index (κ2) is 4.19. The number of carbonyl (C=O) groups is 1. The van der Waals surface area contributed by atoms with Gasteiger partial charge >= 0.3 is 0 Å². The van der Waals surface area contributed by atoms with Crippen LogP contribution in [-0.4, -0.2) is 15.9 Å². The van der Waals surface area contributed by atoms with Crippen molar-refractivity contribution in [3.63, 3.8) is 0 Å². The summed E-state index contributed by atoms with van der Waals surface area (Å²) in [6, 6.07) is 3.06. The van der Waals surface area contributed by atoms with Crippen molar-refractivity contribution >= 4 is 11.5 Å². The molecule has 0 bridgehead atoms. The number of nitrogens with zero attached hydrogens (tertiary/aromatic N) is 2. The van der Waals surface area contributed by atoms with E-state index in [0.29, 0.717) is 5.56 Å². The molecular formula is C10H8N2O2. The molecule has 1 heterocycles. The fraction of sp³-hybridized carbons (Fsp3) is 0.100. The lowest BCUT2D eigenvalue weighted by Gasteiger charge is -2.00. The number of allylic oxidation sites excluding steroid dienone is 1. The number of aliphatic hydroxyl groups is 1. The molecule has 4 heteroatoms. The molecule has 0 saturated carbocycles. The van der Waals surface area contributed by atoms with Crippen molar-refractivity contribution in [1.82, 2.24) is 4.98 Å². The van der Waals surface area contributed by atoms with Gasteiger partial charge < -0.3 is 9.90 Å². The van der Waals surface area contributed by atoms with Gasteiger partial charge in [-0.1, -0.05) is 0 Å². The van der Waals surface area contributed by atoms with Gasteiger partial charge in [-0.3, -0.25) is 4.98 Å². The van der Waals surface area contributed by atoms with Gasteiger partial charge in [0, 0.05) is 18.0 Å². The van der Waals surface area contributed by atoms with Gasteiger partial charge in [0.2, 0.25) is 0 Å². The van der Waals surface area contributed by atoms with Crippen LogP contribution in [0.2, 0.25) is 0 Å². The Morgan fingerprint density at radius 3 is 2.50 bits per heavy atom. The van der Waals surface area contributed by atoms with Gasteiger partial charge in [0.05, 0.1) is 6.57 Å². The van der Waals surface area contributed by atoms with Crippen molar-refractivity contribution in [2.45, 2.75) is 6.92 Å². The molecule has 0 aliphatic carbocycles. The predicted octanol–water partition coefficient (Wildman–Crippen LogP) is 1.82. The topological polar surface area (TPSA) is 54.5 Å². The molecule has 0 aromatic carbocycles. The number of aromatic nitrogens is 1. The van der Waals surface area contributed by atoms with Crippen LogP contribution in [0.4, 0.5) is 0 Å². The number of hydrogen-bond donors (Lipinski definition) is 1. The number of hydrogen-bond acceptors (Lipinski definition) is 3. The van der Waals surface area contributed by atoms with E-state index >= 15 is 0 Å². The zero-order valence-electron chi connectivity index (χ0n) is 7.56. The summed E-state index contributed by atoms with van der Waals surface area (Å²) in [6.07, 6.45) is 2.96. The molecule has 1 aromatic rings. The number of aliphatic hydroxyl groups excluding tert-OH is 1. The van der Waals surface area contributed by atoms with E-state index in [4.69, 9.17) is 6.57 Å². The highest BCUT2D eigenvalue weighted by Crippen LogP contribution is 2.16. The highest BCUT2D eigenvalue weighted by atomic mass is 16.3. The molecule has 0 aliphatic rings. The third kappa shape index (κ3) is 1.96. The average Bonchev–Trinajstić information content (AvgIpc) is 2.19. The summed E-state index contributed by atoms with van der Waals surface area (Å²) >= 11 is 0. The lowest BCUT2D eigenvalue weighted by Crippen LogP contribution is -1.97. The summed E-state index contributed by atoms with van der Waals surface area (Å²) in [7, 11) is 0. The zero-order chi connectivity index (χ0) is 10.6. The maximum absolute atomic E-state index is 10.9. The summed E-state index contributed by atoms with van der Waals surface area (Å²) in [4.78, 5) is 17.7. The molecule has 0 radical (unpaired) electrons. The minimum atomic E-state index is -0.450. The van der Waals surface area contributed by atoms with Crippen molar-refractivity contribution in [2.24, 2.45) is 0 Å². The Kier molecular flexibility index (Phi) is 2.97. The van der Waals surface area contributed by atoms with Crippen LogP contribution in [-0.2, 0) is 4.79 Å². The van der Waals surface area contributed by atoms with Crippen LogP contribution in [0.25, 0.3) is 10.6 Å². The lowest BCUT2D eigenvalue weighted by atomic mass is 10.1. The van der Waals surface area contributed by atoms with Crippen LogP contribution in [0.5, 0.6) is 0 Å². The third-order valence-electron chi connectivity index (χ3n) is 1.62. The molecule has 1 rings (SSSR count). The third-order valence-corrected chi connectivity index (χ3v) is 1.62. The Bertz CT molecular complexity index is 415. The minimum Gasteiger partial charge on any atom is -0.518 e. The second-order valence-corrected chi connectivity index (χ2v) is 2.60. The van der Waals surface area contributed by atoms with Crippen LogP contribution in [0.15, 0.2) is 30.2 Å². The summed E-state index contributed by atoms with van der Waals surface area (Å²) in [5.41, 5.74) is 0.164. The maximum atomic E-state index is 10.9. The Labute approximate surface area is 81.3 Å². The second-order valence-electron chi connectivity index (χ2n) is 2.60. The molecule has 70 valence electrons. The van der Waals surface area contributed by atoms with Gasteiger partial charge in [0.1, 0.15) is 5.76 Å². The predicted molar refractivity (Wildman–Crippen MR) is 51.1 cm³/mol. The van der Waals surface area contributed by atoms with Crippen molar-refractivity contribution in [3.05, 3.63) is 47.2 Å². The van der Waals surface area contributed by atoms with E-state index in [-0.39, 0.29) is 11.5 Å². The summed E-state index contributed by atoms with van der Waals surface area (Å²) in [6.45, 7) is 7.98. The smallest absolute Gasteiger partial charge is 0.270 e. The zero-order valence-corrected chi connectivity index (χ0v) is 7.56. The minimum absolute atomic E-state index is 0.254. The first-order valence-electron chi connectivity index (χ1n) is 3.89. The molecule has 0 spiro atoms. The van der Waals surface area contributed by atoms with Crippen LogP contribution in [0.1, 0.15) is 12.5 Å². The van der Waals surface area contributed by atoms with Crippen LogP contribution in [0, 0.1) is 6.57 Å². The van der Waals surface area contributed by atoms with Crippen molar-refractivity contribution < 1.29 is 9.90 Å². The number of pyridine rings is 1. The van der Waals surface area contributed by atoms with Gasteiger partial charge in [0.15, 0.2) is 5.78 Å². The molecule has 0 amide bonds. The average molecular weight is 188 g/mol. The van der Waals surface area contributed by atoms with E-state index in [2.05, 4.69) is 9.83 Å². The fourth-order valence-electron chi connectivity index (χ4n) is 0.945. The van der Waals surface area contributed by atoms with Crippen LogP contribution in [0.3, 0.4) is 0 Å². The summed E-state index contributed by atoms with van der Waals surface area (Å²) in [5.74, 6) is -0.746. The maximum Gasteiger partial charge on any atom is 0.270 e. The normalized spacial score (nSPS) is 11.4. The lowest BCUT2D eigenvalue weighted by molar-refractivity contribution is -0.113. The molecule has 0 fully saturated rings. The van der Waals surface area contributed by atoms with E-state index in [0.717, 1.165) is 0 Å². The van der Waals surface area contributed by atoms with E-state index in [1.807, 2.05) is 0 Å². The van der Waals surface area contributed by atoms with E-state index in [9.17, 15) is 9.90 Å². The number of Topliss-reactive ketones (excluding diaryl/α,β-unsaturated/α-hetero) is 1. The van der Waals surface area contributed by atoms with Gasteiger partial charge in [-0.25, -0.2) is 4.85 Å². The van der Waals surface area contributed by atoms with Crippen molar-refractivity contribution in [1.29, 1.82) is 0 Å². The first-order valence-corrected chi connectivity index (χ1v) is 3.89. The molecule has 1 aromatic heterocycles. The first kappa shape index (κ1) is 9.93. The molecule has 0 saturated heterocycles. The SMILES string of the molecule is [C-]#[N+]C(C(C)=O)=C(O)c1ccncc1.